The van der Waals surface area contributed by atoms with Crippen molar-refractivity contribution in [2.45, 2.75) is 32.6 Å². The minimum Gasteiger partial charge on any atom is -0.529 e. The van der Waals surface area contributed by atoms with Gasteiger partial charge in [0.1, 0.15) is 0 Å². The quantitative estimate of drug-likeness (QED) is 0.423. The van der Waals surface area contributed by atoms with Crippen LogP contribution < -0.4 is 0 Å². The molecule has 0 spiro atoms. The maximum Gasteiger partial charge on any atom is 0.291 e. The summed E-state index contributed by atoms with van der Waals surface area (Å²) in [5, 5.41) is 0. The zero-order valence-corrected chi connectivity index (χ0v) is 8.14. The Labute approximate surface area is 59.1 Å². The number of hydrogen-bond acceptors (Lipinski definition) is 2. The highest BCUT2D eigenvalue weighted by molar-refractivity contribution is 6.05. The lowest BCUT2D eigenvalue weighted by atomic mass is 10.2. The summed E-state index contributed by atoms with van der Waals surface area (Å²) >= 11 is 0. The minimum atomic E-state index is -0.0323. The average Bonchev–Trinajstić information content (AvgIpc) is 1.89. The SMILES string of the molecule is CCCCCC(=O)O[SiH3]. The summed E-state index contributed by atoms with van der Waals surface area (Å²) in [7, 11) is 0.542. The molecule has 0 aromatic heterocycles. The van der Waals surface area contributed by atoms with Crippen LogP contribution in [-0.4, -0.2) is 16.5 Å². The highest BCUT2D eigenvalue weighted by Gasteiger charge is 1.95. The molecule has 0 fully saturated rings. The summed E-state index contributed by atoms with van der Waals surface area (Å²) in [5.41, 5.74) is 0. The van der Waals surface area contributed by atoms with Crippen LogP contribution in [0.4, 0.5) is 0 Å². The Morgan fingerprint density at radius 2 is 2.22 bits per heavy atom. The van der Waals surface area contributed by atoms with Gasteiger partial charge >= 0.3 is 0 Å². The van der Waals surface area contributed by atoms with Crippen LogP contribution in [0, 0.1) is 0 Å². The summed E-state index contributed by atoms with van der Waals surface area (Å²) in [4.78, 5) is 10.5. The van der Waals surface area contributed by atoms with Gasteiger partial charge in [-0.05, 0) is 6.42 Å². The van der Waals surface area contributed by atoms with Crippen LogP contribution in [0.2, 0.25) is 0 Å². The maximum absolute atomic E-state index is 10.5. The summed E-state index contributed by atoms with van der Waals surface area (Å²) in [6, 6.07) is 0. The van der Waals surface area contributed by atoms with Gasteiger partial charge in [-0.25, -0.2) is 0 Å². The Morgan fingerprint density at radius 1 is 1.56 bits per heavy atom. The number of hydrogen-bond donors (Lipinski definition) is 0. The summed E-state index contributed by atoms with van der Waals surface area (Å²) in [5.74, 6) is -0.0323. The number of rotatable bonds is 4. The van der Waals surface area contributed by atoms with Crippen LogP contribution >= 0.6 is 0 Å². The average molecular weight is 146 g/mol. The van der Waals surface area contributed by atoms with Crippen molar-refractivity contribution in [2.24, 2.45) is 0 Å². The van der Waals surface area contributed by atoms with Crippen molar-refractivity contribution in [3.63, 3.8) is 0 Å². The molecule has 0 radical (unpaired) electrons. The molecule has 0 bridgehead atoms. The van der Waals surface area contributed by atoms with Crippen molar-refractivity contribution >= 4 is 16.5 Å². The molecule has 0 aliphatic carbocycles. The van der Waals surface area contributed by atoms with Crippen LogP contribution in [0.25, 0.3) is 0 Å². The zero-order chi connectivity index (χ0) is 7.11. The fraction of sp³-hybridized carbons (Fsp3) is 0.833. The molecule has 54 valence electrons. The second-order valence-electron chi connectivity index (χ2n) is 2.03. The van der Waals surface area contributed by atoms with Gasteiger partial charge in [-0.15, -0.1) is 0 Å². The molecule has 0 rings (SSSR count). The normalized spacial score (nSPS) is 9.44. The fourth-order valence-corrected chi connectivity index (χ4v) is 0.826. The first-order valence-electron chi connectivity index (χ1n) is 3.38. The third kappa shape index (κ3) is 5.56. The van der Waals surface area contributed by atoms with E-state index >= 15 is 0 Å². The van der Waals surface area contributed by atoms with E-state index in [0.717, 1.165) is 19.3 Å². The fourth-order valence-electron chi connectivity index (χ4n) is 0.621. The van der Waals surface area contributed by atoms with E-state index in [9.17, 15) is 4.79 Å². The second-order valence-corrected chi connectivity index (χ2v) is 2.44. The molecule has 0 N–H and O–H groups in total. The van der Waals surface area contributed by atoms with E-state index < -0.39 is 0 Å². The highest BCUT2D eigenvalue weighted by Crippen LogP contribution is 1.98. The Kier molecular flexibility index (Phi) is 5.61. The monoisotopic (exact) mass is 146 g/mol. The molecule has 3 heteroatoms. The number of unbranched alkanes of at least 4 members (excludes halogenated alkanes) is 2. The summed E-state index contributed by atoms with van der Waals surface area (Å²) in [6.45, 7) is 2.12. The van der Waals surface area contributed by atoms with Gasteiger partial charge in [-0.1, -0.05) is 19.8 Å². The van der Waals surface area contributed by atoms with Gasteiger partial charge < -0.3 is 4.43 Å². The predicted molar refractivity (Wildman–Crippen MR) is 40.2 cm³/mol. The molecule has 0 aromatic carbocycles. The van der Waals surface area contributed by atoms with E-state index in [1.807, 2.05) is 0 Å². The van der Waals surface area contributed by atoms with Crippen molar-refractivity contribution in [1.82, 2.24) is 0 Å². The van der Waals surface area contributed by atoms with Gasteiger partial charge in [-0.3, -0.25) is 4.79 Å². The smallest absolute Gasteiger partial charge is 0.291 e. The van der Waals surface area contributed by atoms with Crippen LogP contribution in [0.3, 0.4) is 0 Å². The third-order valence-electron chi connectivity index (χ3n) is 1.21. The topological polar surface area (TPSA) is 26.3 Å². The molecule has 0 saturated carbocycles. The molecule has 0 atom stereocenters. The zero-order valence-electron chi connectivity index (χ0n) is 6.14. The Hall–Kier alpha value is -0.313. The molecule has 0 heterocycles. The lowest BCUT2D eigenvalue weighted by molar-refractivity contribution is -0.134. The molecule has 9 heavy (non-hydrogen) atoms. The molecule has 0 aromatic rings. The van der Waals surface area contributed by atoms with Gasteiger partial charge in [-0.2, -0.15) is 0 Å². The van der Waals surface area contributed by atoms with Crippen molar-refractivity contribution in [2.75, 3.05) is 0 Å². The van der Waals surface area contributed by atoms with E-state index in [4.69, 9.17) is 0 Å². The molecule has 0 aliphatic rings. The van der Waals surface area contributed by atoms with E-state index in [-0.39, 0.29) is 5.97 Å². The molecular formula is C6H14O2Si. The molecule has 0 saturated heterocycles. The van der Waals surface area contributed by atoms with Crippen molar-refractivity contribution in [3.05, 3.63) is 0 Å². The van der Waals surface area contributed by atoms with E-state index in [1.165, 1.54) is 0 Å². The van der Waals surface area contributed by atoms with Gasteiger partial charge in [0.15, 0.2) is 0 Å². The first-order valence-corrected chi connectivity index (χ1v) is 4.19. The van der Waals surface area contributed by atoms with Crippen molar-refractivity contribution < 1.29 is 9.22 Å². The Balaban J connectivity index is 2.97. The van der Waals surface area contributed by atoms with Gasteiger partial charge in [0.05, 0.1) is 0 Å². The second kappa shape index (κ2) is 5.82. The minimum absolute atomic E-state index is 0.0323. The molecule has 0 unspecified atom stereocenters. The van der Waals surface area contributed by atoms with Gasteiger partial charge in [0.2, 0.25) is 10.5 Å². The van der Waals surface area contributed by atoms with Crippen molar-refractivity contribution in [3.8, 4) is 0 Å². The molecular weight excluding hydrogens is 132 g/mol. The largest absolute Gasteiger partial charge is 0.529 e. The van der Waals surface area contributed by atoms with E-state index in [0.29, 0.717) is 16.9 Å². The molecule has 0 aliphatic heterocycles. The van der Waals surface area contributed by atoms with Crippen LogP contribution in [-0.2, 0) is 9.22 Å². The molecule has 0 amide bonds. The number of carbonyl (C=O) groups excluding carboxylic acids is 1. The van der Waals surface area contributed by atoms with Gasteiger partial charge in [0.25, 0.3) is 5.97 Å². The summed E-state index contributed by atoms with van der Waals surface area (Å²) < 4.78 is 4.60. The maximum atomic E-state index is 10.5. The van der Waals surface area contributed by atoms with Crippen molar-refractivity contribution in [1.29, 1.82) is 0 Å². The van der Waals surface area contributed by atoms with Gasteiger partial charge in [0, 0.05) is 6.42 Å². The molecule has 2 nitrogen and oxygen atoms in total. The lowest BCUT2D eigenvalue weighted by Gasteiger charge is -1.96. The first kappa shape index (κ1) is 8.69. The van der Waals surface area contributed by atoms with Crippen LogP contribution in [0.5, 0.6) is 0 Å². The van der Waals surface area contributed by atoms with Crippen LogP contribution in [0.15, 0.2) is 0 Å². The standard InChI is InChI=1S/C6H14O2Si/c1-2-3-4-5-6(7)8-9/h2-5H2,1,9H3. The highest BCUT2D eigenvalue weighted by atomic mass is 28.2. The van der Waals surface area contributed by atoms with E-state index in [1.54, 1.807) is 0 Å². The number of carbonyl (C=O) groups is 1. The van der Waals surface area contributed by atoms with E-state index in [2.05, 4.69) is 11.3 Å². The predicted octanol–water partition coefficient (Wildman–Crippen LogP) is 0.390. The van der Waals surface area contributed by atoms with Crippen LogP contribution in [0.1, 0.15) is 32.6 Å². The Morgan fingerprint density at radius 3 is 2.67 bits per heavy atom. The third-order valence-corrected chi connectivity index (χ3v) is 1.67. The Bertz CT molecular complexity index is 83.1. The lowest BCUT2D eigenvalue weighted by Crippen LogP contribution is -1.99. The first-order chi connectivity index (χ1) is 4.31. The summed E-state index contributed by atoms with van der Waals surface area (Å²) in [6.07, 6.45) is 3.89.